The normalized spacial score (nSPS) is 31.7. The third kappa shape index (κ3) is 2.66. The third-order valence-corrected chi connectivity index (χ3v) is 3.51. The molecule has 2 aromatic rings. The lowest BCUT2D eigenvalue weighted by Gasteiger charge is -2.09. The van der Waals surface area contributed by atoms with Crippen molar-refractivity contribution in [1.82, 2.24) is 4.98 Å². The number of aliphatic hydroxyl groups excluding tert-OH is 2. The Morgan fingerprint density at radius 1 is 0.900 bits per heavy atom. The SMILES string of the molecule is O[C@@H]1CO[C@H]2[C@@H]1OC[C@H]2O.c1ccc2ncccc2c1. The second-order valence-electron chi connectivity index (χ2n) is 4.93. The summed E-state index contributed by atoms with van der Waals surface area (Å²) < 4.78 is 10.2. The molecule has 20 heavy (non-hydrogen) atoms. The molecule has 106 valence electrons. The van der Waals surface area contributed by atoms with Crippen molar-refractivity contribution in [3.05, 3.63) is 42.6 Å². The third-order valence-electron chi connectivity index (χ3n) is 3.51. The first-order chi connectivity index (χ1) is 9.75. The van der Waals surface area contributed by atoms with Crippen LogP contribution in [0.4, 0.5) is 0 Å². The lowest BCUT2D eigenvalue weighted by atomic mass is 10.1. The summed E-state index contributed by atoms with van der Waals surface area (Å²) >= 11 is 0. The van der Waals surface area contributed by atoms with Gasteiger partial charge in [-0.05, 0) is 12.1 Å². The number of aromatic nitrogens is 1. The molecular formula is C15H17NO4. The lowest BCUT2D eigenvalue weighted by molar-refractivity contribution is 0.00205. The second-order valence-corrected chi connectivity index (χ2v) is 4.93. The van der Waals surface area contributed by atoms with E-state index in [0.29, 0.717) is 0 Å². The maximum atomic E-state index is 9.16. The highest BCUT2D eigenvalue weighted by atomic mass is 16.6. The molecule has 2 aliphatic rings. The van der Waals surface area contributed by atoms with Crippen molar-refractivity contribution < 1.29 is 19.7 Å². The fourth-order valence-electron chi connectivity index (χ4n) is 2.47. The largest absolute Gasteiger partial charge is 0.388 e. The van der Waals surface area contributed by atoms with Gasteiger partial charge < -0.3 is 19.7 Å². The van der Waals surface area contributed by atoms with Crippen molar-refractivity contribution in [1.29, 1.82) is 0 Å². The molecule has 5 heteroatoms. The van der Waals surface area contributed by atoms with Crippen LogP contribution in [-0.4, -0.2) is 52.8 Å². The van der Waals surface area contributed by atoms with E-state index in [4.69, 9.17) is 19.7 Å². The fourth-order valence-corrected chi connectivity index (χ4v) is 2.47. The summed E-state index contributed by atoms with van der Waals surface area (Å²) in [6, 6.07) is 12.1. The Hall–Kier alpha value is -1.53. The summed E-state index contributed by atoms with van der Waals surface area (Å²) in [4.78, 5) is 4.18. The topological polar surface area (TPSA) is 71.8 Å². The summed E-state index contributed by atoms with van der Waals surface area (Å²) in [5, 5.41) is 19.5. The van der Waals surface area contributed by atoms with Gasteiger partial charge in [0.2, 0.25) is 0 Å². The van der Waals surface area contributed by atoms with Gasteiger partial charge >= 0.3 is 0 Å². The van der Waals surface area contributed by atoms with E-state index in [2.05, 4.69) is 17.1 Å². The number of benzene rings is 1. The summed E-state index contributed by atoms with van der Waals surface area (Å²) in [6.07, 6.45) is 0.108. The van der Waals surface area contributed by atoms with E-state index in [0.717, 1.165) is 5.52 Å². The van der Waals surface area contributed by atoms with Crippen LogP contribution in [0.2, 0.25) is 0 Å². The van der Waals surface area contributed by atoms with Crippen molar-refractivity contribution in [2.24, 2.45) is 0 Å². The van der Waals surface area contributed by atoms with Crippen LogP contribution in [0, 0.1) is 0 Å². The molecule has 1 aromatic heterocycles. The molecule has 0 unspecified atom stereocenters. The Kier molecular flexibility index (Phi) is 3.93. The van der Waals surface area contributed by atoms with Crippen LogP contribution < -0.4 is 0 Å². The van der Waals surface area contributed by atoms with E-state index < -0.39 is 12.2 Å². The Labute approximate surface area is 116 Å². The molecule has 0 spiro atoms. The predicted molar refractivity (Wildman–Crippen MR) is 73.2 cm³/mol. The number of ether oxygens (including phenoxy) is 2. The Morgan fingerprint density at radius 3 is 2.15 bits per heavy atom. The maximum Gasteiger partial charge on any atom is 0.114 e. The number of rotatable bonds is 0. The number of hydrogen-bond donors (Lipinski definition) is 2. The minimum absolute atomic E-state index is 0.284. The minimum atomic E-state index is -0.554. The highest BCUT2D eigenvalue weighted by Crippen LogP contribution is 2.26. The zero-order valence-electron chi connectivity index (χ0n) is 10.9. The number of hydrogen-bond acceptors (Lipinski definition) is 5. The van der Waals surface area contributed by atoms with Crippen molar-refractivity contribution in [3.8, 4) is 0 Å². The van der Waals surface area contributed by atoms with Crippen LogP contribution in [0.15, 0.2) is 42.6 Å². The number of para-hydroxylation sites is 1. The quantitative estimate of drug-likeness (QED) is 0.742. The maximum absolute atomic E-state index is 9.16. The van der Waals surface area contributed by atoms with Gasteiger partial charge in [-0.1, -0.05) is 24.3 Å². The van der Waals surface area contributed by atoms with Gasteiger partial charge in [-0.15, -0.1) is 0 Å². The van der Waals surface area contributed by atoms with E-state index in [-0.39, 0.29) is 25.4 Å². The number of aliphatic hydroxyl groups is 2. The molecule has 1 aromatic carbocycles. The van der Waals surface area contributed by atoms with Gasteiger partial charge in [0.05, 0.1) is 18.7 Å². The second kappa shape index (κ2) is 5.85. The molecule has 5 nitrogen and oxygen atoms in total. The zero-order chi connectivity index (χ0) is 13.9. The predicted octanol–water partition coefficient (Wildman–Crippen LogP) is 0.741. The van der Waals surface area contributed by atoms with Crippen LogP contribution in [0.3, 0.4) is 0 Å². The molecule has 0 bridgehead atoms. The van der Waals surface area contributed by atoms with Crippen molar-refractivity contribution in [2.45, 2.75) is 24.4 Å². The molecule has 2 aliphatic heterocycles. The van der Waals surface area contributed by atoms with Gasteiger partial charge in [0, 0.05) is 11.6 Å². The van der Waals surface area contributed by atoms with Gasteiger partial charge in [0.25, 0.3) is 0 Å². The van der Waals surface area contributed by atoms with Crippen molar-refractivity contribution in [3.63, 3.8) is 0 Å². The molecule has 0 radical (unpaired) electrons. The van der Waals surface area contributed by atoms with Crippen LogP contribution in [0.5, 0.6) is 0 Å². The zero-order valence-corrected chi connectivity index (χ0v) is 10.9. The highest BCUT2D eigenvalue weighted by molar-refractivity contribution is 5.77. The minimum Gasteiger partial charge on any atom is -0.388 e. The van der Waals surface area contributed by atoms with Gasteiger partial charge in [-0.25, -0.2) is 0 Å². The first kappa shape index (κ1) is 13.5. The van der Waals surface area contributed by atoms with Gasteiger partial charge in [0.1, 0.15) is 24.4 Å². The fraction of sp³-hybridized carbons (Fsp3) is 0.400. The number of pyridine rings is 1. The first-order valence-electron chi connectivity index (χ1n) is 6.65. The van der Waals surface area contributed by atoms with E-state index in [1.54, 1.807) is 0 Å². The van der Waals surface area contributed by atoms with Crippen molar-refractivity contribution in [2.75, 3.05) is 13.2 Å². The molecular weight excluding hydrogens is 258 g/mol. The lowest BCUT2D eigenvalue weighted by Crippen LogP contribution is -2.30. The molecule has 0 amide bonds. The Morgan fingerprint density at radius 2 is 1.50 bits per heavy atom. The molecule has 3 heterocycles. The standard InChI is InChI=1S/C9H7N.C6H10O4/c1-2-6-9-8(4-1)5-3-7-10-9;7-3-1-9-6-4(8)2-10-5(3)6/h1-7H;3-8H,1-2H2/t;3-,4-,5-,6-/m.1/s1. The van der Waals surface area contributed by atoms with Crippen LogP contribution >= 0.6 is 0 Å². The van der Waals surface area contributed by atoms with Gasteiger partial charge in [-0.3, -0.25) is 4.98 Å². The summed E-state index contributed by atoms with van der Waals surface area (Å²) in [6.45, 7) is 0.568. The van der Waals surface area contributed by atoms with Gasteiger partial charge in [-0.2, -0.15) is 0 Å². The molecule has 4 rings (SSSR count). The molecule has 0 saturated carbocycles. The summed E-state index contributed by atoms with van der Waals surface area (Å²) in [5.41, 5.74) is 1.06. The molecule has 0 aliphatic carbocycles. The first-order valence-corrected chi connectivity index (χ1v) is 6.65. The Balaban J connectivity index is 0.000000121. The molecule has 2 N–H and O–H groups in total. The van der Waals surface area contributed by atoms with Gasteiger partial charge in [0.15, 0.2) is 0 Å². The van der Waals surface area contributed by atoms with Crippen molar-refractivity contribution >= 4 is 10.9 Å². The highest BCUT2D eigenvalue weighted by Gasteiger charge is 2.46. The average molecular weight is 275 g/mol. The monoisotopic (exact) mass is 275 g/mol. The van der Waals surface area contributed by atoms with E-state index in [9.17, 15) is 0 Å². The molecule has 2 fully saturated rings. The average Bonchev–Trinajstić information content (AvgIpc) is 3.04. The van der Waals surface area contributed by atoms with Crippen LogP contribution in [0.25, 0.3) is 10.9 Å². The summed E-state index contributed by atoms with van der Waals surface area (Å²) in [5.74, 6) is 0. The smallest absolute Gasteiger partial charge is 0.114 e. The van der Waals surface area contributed by atoms with E-state index in [1.165, 1.54) is 5.39 Å². The van der Waals surface area contributed by atoms with E-state index >= 15 is 0 Å². The molecule has 4 atom stereocenters. The summed E-state index contributed by atoms with van der Waals surface area (Å²) in [7, 11) is 0. The van der Waals surface area contributed by atoms with E-state index in [1.807, 2.05) is 30.5 Å². The van der Waals surface area contributed by atoms with Crippen LogP contribution in [-0.2, 0) is 9.47 Å². The van der Waals surface area contributed by atoms with Crippen LogP contribution in [0.1, 0.15) is 0 Å². The number of fused-ring (bicyclic) bond motifs is 2. The number of nitrogens with zero attached hydrogens (tertiary/aromatic N) is 1. The Bertz CT molecular complexity index is 495. The molecule has 2 saturated heterocycles.